The number of nitrogens with zero attached hydrogens (tertiary/aromatic N) is 3. The Hall–Kier alpha value is -3.60. The molecule has 5 heteroatoms. The number of hydrogen-bond donors (Lipinski definition) is 0. The molecule has 31 heavy (non-hydrogen) atoms. The second-order valence-electron chi connectivity index (χ2n) is 8.02. The number of aromatic nitrogens is 2. The van der Waals surface area contributed by atoms with Gasteiger partial charge in [0.05, 0.1) is 24.2 Å². The summed E-state index contributed by atoms with van der Waals surface area (Å²) < 4.78 is 7.65. The molecule has 5 nitrogen and oxygen atoms in total. The number of rotatable bonds is 5. The molecule has 3 aromatic carbocycles. The van der Waals surface area contributed by atoms with E-state index < -0.39 is 0 Å². The molecule has 1 saturated heterocycles. The third-order valence-corrected chi connectivity index (χ3v) is 6.15. The summed E-state index contributed by atoms with van der Waals surface area (Å²) in [6, 6.07) is 26.5. The predicted octanol–water partition coefficient (Wildman–Crippen LogP) is 5.17. The Labute approximate surface area is 181 Å². The van der Waals surface area contributed by atoms with Crippen molar-refractivity contribution < 1.29 is 9.53 Å². The van der Waals surface area contributed by atoms with Crippen LogP contribution in [0.4, 0.5) is 5.69 Å². The highest BCUT2D eigenvalue weighted by atomic mass is 16.5. The van der Waals surface area contributed by atoms with E-state index in [1.165, 1.54) is 5.56 Å². The van der Waals surface area contributed by atoms with E-state index in [2.05, 4.69) is 41.8 Å². The zero-order chi connectivity index (χ0) is 21.4. The molecule has 156 valence electrons. The van der Waals surface area contributed by atoms with Crippen LogP contribution in [0.2, 0.25) is 0 Å². The Balaban J connectivity index is 1.55. The molecule has 0 N–H and O–H groups in total. The van der Waals surface area contributed by atoms with Gasteiger partial charge in [-0.25, -0.2) is 4.98 Å². The molecule has 2 heterocycles. The fraction of sp³-hybridized carbons (Fsp3) is 0.231. The summed E-state index contributed by atoms with van der Waals surface area (Å²) in [6.07, 6.45) is 0.446. The zero-order valence-corrected chi connectivity index (χ0v) is 17.7. The number of hydrogen-bond acceptors (Lipinski definition) is 3. The fourth-order valence-electron chi connectivity index (χ4n) is 4.55. The first kappa shape index (κ1) is 19.4. The third kappa shape index (κ3) is 3.46. The number of carbonyl (C=O) groups excluding carboxylic acids is 1. The van der Waals surface area contributed by atoms with Crippen LogP contribution in [0.3, 0.4) is 0 Å². The van der Waals surface area contributed by atoms with Gasteiger partial charge in [0.15, 0.2) is 0 Å². The first-order valence-corrected chi connectivity index (χ1v) is 10.6. The first-order chi connectivity index (χ1) is 15.2. The van der Waals surface area contributed by atoms with Gasteiger partial charge in [0.1, 0.15) is 11.6 Å². The van der Waals surface area contributed by atoms with E-state index in [0.29, 0.717) is 13.0 Å². The number of benzene rings is 3. The lowest BCUT2D eigenvalue weighted by Crippen LogP contribution is -2.24. The lowest BCUT2D eigenvalue weighted by Gasteiger charge is -2.21. The van der Waals surface area contributed by atoms with Gasteiger partial charge in [-0.05, 0) is 36.8 Å². The standard InChI is InChI=1S/C26H25N3O2/c1-18(19-9-4-3-5-10-19)29-24-14-7-6-13-23(24)27-26(29)20-15-25(30)28(17-20)21-11-8-12-22(16-21)31-2/h3-14,16,18,20H,15,17H2,1-2H3/t18-,20+/m1/s1. The molecule has 1 aliphatic rings. The summed E-state index contributed by atoms with van der Waals surface area (Å²) in [5, 5.41) is 0. The molecule has 1 amide bonds. The van der Waals surface area contributed by atoms with Crippen LogP contribution in [0, 0.1) is 0 Å². The third-order valence-electron chi connectivity index (χ3n) is 6.15. The van der Waals surface area contributed by atoms with Crippen LogP contribution in [0.1, 0.15) is 36.7 Å². The topological polar surface area (TPSA) is 47.4 Å². The average molecular weight is 412 g/mol. The van der Waals surface area contributed by atoms with Crippen molar-refractivity contribution in [2.45, 2.75) is 25.3 Å². The molecule has 0 radical (unpaired) electrons. The molecule has 0 saturated carbocycles. The highest BCUT2D eigenvalue weighted by molar-refractivity contribution is 5.96. The molecule has 1 aliphatic heterocycles. The molecule has 1 aromatic heterocycles. The predicted molar refractivity (Wildman–Crippen MR) is 123 cm³/mol. The average Bonchev–Trinajstić information content (AvgIpc) is 3.40. The molecule has 0 spiro atoms. The van der Waals surface area contributed by atoms with E-state index in [9.17, 15) is 4.79 Å². The second-order valence-corrected chi connectivity index (χ2v) is 8.02. The Kier molecular flexibility index (Phi) is 4.94. The maximum Gasteiger partial charge on any atom is 0.227 e. The summed E-state index contributed by atoms with van der Waals surface area (Å²) in [6.45, 7) is 2.81. The van der Waals surface area contributed by atoms with E-state index in [-0.39, 0.29) is 17.9 Å². The first-order valence-electron chi connectivity index (χ1n) is 10.6. The Morgan fingerprint density at radius 2 is 1.77 bits per heavy atom. The highest BCUT2D eigenvalue weighted by Gasteiger charge is 2.35. The van der Waals surface area contributed by atoms with Crippen LogP contribution < -0.4 is 9.64 Å². The van der Waals surface area contributed by atoms with Crippen molar-refractivity contribution in [3.8, 4) is 5.75 Å². The van der Waals surface area contributed by atoms with Crippen molar-refractivity contribution in [1.29, 1.82) is 0 Å². The number of para-hydroxylation sites is 2. The van der Waals surface area contributed by atoms with Gasteiger partial charge in [0.2, 0.25) is 5.91 Å². The summed E-state index contributed by atoms with van der Waals surface area (Å²) in [7, 11) is 1.64. The van der Waals surface area contributed by atoms with E-state index >= 15 is 0 Å². The molecule has 2 atom stereocenters. The molecular formula is C26H25N3O2. The number of carbonyl (C=O) groups is 1. The van der Waals surface area contributed by atoms with Gasteiger partial charge in [0, 0.05) is 30.6 Å². The minimum atomic E-state index is 0.0252. The number of anilines is 1. The Morgan fingerprint density at radius 3 is 2.58 bits per heavy atom. The Bertz CT molecular complexity index is 1230. The van der Waals surface area contributed by atoms with E-state index in [4.69, 9.17) is 9.72 Å². The second kappa shape index (κ2) is 7.91. The summed E-state index contributed by atoms with van der Waals surface area (Å²) >= 11 is 0. The number of methoxy groups -OCH3 is 1. The van der Waals surface area contributed by atoms with Gasteiger partial charge in [-0.3, -0.25) is 4.79 Å². The zero-order valence-electron chi connectivity index (χ0n) is 17.7. The van der Waals surface area contributed by atoms with Crippen LogP contribution in [-0.4, -0.2) is 29.1 Å². The molecule has 1 fully saturated rings. The van der Waals surface area contributed by atoms with E-state index in [0.717, 1.165) is 28.3 Å². The smallest absolute Gasteiger partial charge is 0.227 e. The molecular weight excluding hydrogens is 386 g/mol. The molecule has 5 rings (SSSR count). The quantitative estimate of drug-likeness (QED) is 0.455. The summed E-state index contributed by atoms with van der Waals surface area (Å²) in [5.74, 6) is 1.86. The Morgan fingerprint density at radius 1 is 1.00 bits per heavy atom. The van der Waals surface area contributed by atoms with Crippen LogP contribution in [0.25, 0.3) is 11.0 Å². The minimum Gasteiger partial charge on any atom is -0.497 e. The van der Waals surface area contributed by atoms with Crippen molar-refractivity contribution >= 4 is 22.6 Å². The van der Waals surface area contributed by atoms with Crippen LogP contribution in [-0.2, 0) is 4.79 Å². The summed E-state index contributed by atoms with van der Waals surface area (Å²) in [5.41, 5.74) is 4.15. The fourth-order valence-corrected chi connectivity index (χ4v) is 4.55. The summed E-state index contributed by atoms with van der Waals surface area (Å²) in [4.78, 5) is 19.8. The van der Waals surface area contributed by atoms with Gasteiger partial charge in [-0.1, -0.05) is 48.5 Å². The molecule has 0 unspecified atom stereocenters. The van der Waals surface area contributed by atoms with Gasteiger partial charge in [-0.15, -0.1) is 0 Å². The van der Waals surface area contributed by atoms with Crippen molar-refractivity contribution in [2.24, 2.45) is 0 Å². The lowest BCUT2D eigenvalue weighted by molar-refractivity contribution is -0.117. The van der Waals surface area contributed by atoms with Crippen molar-refractivity contribution in [3.05, 3.63) is 90.3 Å². The van der Waals surface area contributed by atoms with Gasteiger partial charge in [0.25, 0.3) is 0 Å². The van der Waals surface area contributed by atoms with Crippen LogP contribution in [0.15, 0.2) is 78.9 Å². The van der Waals surface area contributed by atoms with Crippen LogP contribution >= 0.6 is 0 Å². The normalized spacial score (nSPS) is 17.3. The van der Waals surface area contributed by atoms with Gasteiger partial charge < -0.3 is 14.2 Å². The number of ether oxygens (including phenoxy) is 1. The lowest BCUT2D eigenvalue weighted by atomic mass is 10.0. The number of amides is 1. The number of imidazole rings is 1. The SMILES string of the molecule is COc1cccc(N2C[C@@H](c3nc4ccccc4n3[C@H](C)c3ccccc3)CC2=O)c1. The van der Waals surface area contributed by atoms with Crippen molar-refractivity contribution in [2.75, 3.05) is 18.6 Å². The monoisotopic (exact) mass is 411 g/mol. The van der Waals surface area contributed by atoms with Crippen LogP contribution in [0.5, 0.6) is 5.75 Å². The number of fused-ring (bicyclic) bond motifs is 1. The van der Waals surface area contributed by atoms with Crippen molar-refractivity contribution in [3.63, 3.8) is 0 Å². The maximum atomic E-state index is 13.0. The highest BCUT2D eigenvalue weighted by Crippen LogP contribution is 2.36. The van der Waals surface area contributed by atoms with Crippen molar-refractivity contribution in [1.82, 2.24) is 9.55 Å². The molecule has 4 aromatic rings. The maximum absolute atomic E-state index is 13.0. The minimum absolute atomic E-state index is 0.0252. The van der Waals surface area contributed by atoms with Gasteiger partial charge in [-0.2, -0.15) is 0 Å². The van der Waals surface area contributed by atoms with E-state index in [1.54, 1.807) is 7.11 Å². The largest absolute Gasteiger partial charge is 0.497 e. The molecule has 0 aliphatic carbocycles. The van der Waals surface area contributed by atoms with E-state index in [1.807, 2.05) is 53.4 Å². The van der Waals surface area contributed by atoms with Gasteiger partial charge >= 0.3 is 0 Å². The molecule has 0 bridgehead atoms.